The van der Waals surface area contributed by atoms with E-state index in [4.69, 9.17) is 4.74 Å². The second-order valence-electron chi connectivity index (χ2n) is 7.59. The fourth-order valence-electron chi connectivity index (χ4n) is 3.57. The standard InChI is InChI=1S/C20H31N3O4/c1-7-15-10-21(8-9-23(15)14(4)5)19(25)16-11-22(13(2)3)12-17(18(16)24)20(26)27-6/h11-15H,7-10H2,1-6H3. The van der Waals surface area contributed by atoms with Crippen molar-refractivity contribution in [3.8, 4) is 0 Å². The largest absolute Gasteiger partial charge is 0.465 e. The van der Waals surface area contributed by atoms with E-state index in [2.05, 4.69) is 25.7 Å². The van der Waals surface area contributed by atoms with Gasteiger partial charge in [0.05, 0.1) is 7.11 Å². The lowest BCUT2D eigenvalue weighted by atomic mass is 10.1. The van der Waals surface area contributed by atoms with E-state index in [-0.39, 0.29) is 29.1 Å². The van der Waals surface area contributed by atoms with Crippen molar-refractivity contribution in [1.82, 2.24) is 14.4 Å². The molecule has 0 saturated carbocycles. The lowest BCUT2D eigenvalue weighted by Crippen LogP contribution is -2.57. The van der Waals surface area contributed by atoms with Crippen LogP contribution in [0.4, 0.5) is 0 Å². The van der Waals surface area contributed by atoms with Gasteiger partial charge in [0, 0.05) is 50.2 Å². The van der Waals surface area contributed by atoms with Gasteiger partial charge in [0.15, 0.2) is 0 Å². The summed E-state index contributed by atoms with van der Waals surface area (Å²) in [6, 6.07) is 0.675. The molecule has 2 heterocycles. The van der Waals surface area contributed by atoms with Crippen LogP contribution in [0.5, 0.6) is 0 Å². The number of rotatable bonds is 5. The maximum atomic E-state index is 13.1. The Hall–Kier alpha value is -2.15. The molecule has 1 fully saturated rings. The predicted molar refractivity (Wildman–Crippen MR) is 104 cm³/mol. The molecule has 1 unspecified atom stereocenters. The van der Waals surface area contributed by atoms with Crippen molar-refractivity contribution in [2.75, 3.05) is 26.7 Å². The molecule has 0 aromatic carbocycles. The van der Waals surface area contributed by atoms with Crippen LogP contribution in [0.15, 0.2) is 17.2 Å². The molecule has 0 N–H and O–H groups in total. The summed E-state index contributed by atoms with van der Waals surface area (Å²) in [6.45, 7) is 12.2. The highest BCUT2D eigenvalue weighted by atomic mass is 16.5. The third kappa shape index (κ3) is 4.40. The fraction of sp³-hybridized carbons (Fsp3) is 0.650. The SMILES string of the molecule is CCC1CN(C(=O)c2cn(C(C)C)cc(C(=O)OC)c2=O)CCN1C(C)C. The third-order valence-corrected chi connectivity index (χ3v) is 5.23. The zero-order valence-electron chi connectivity index (χ0n) is 17.2. The van der Waals surface area contributed by atoms with E-state index >= 15 is 0 Å². The summed E-state index contributed by atoms with van der Waals surface area (Å²) in [5, 5.41) is 0. The number of carbonyl (C=O) groups is 2. The van der Waals surface area contributed by atoms with E-state index in [0.717, 1.165) is 13.0 Å². The van der Waals surface area contributed by atoms with Gasteiger partial charge >= 0.3 is 5.97 Å². The molecule has 0 radical (unpaired) electrons. The van der Waals surface area contributed by atoms with Crippen molar-refractivity contribution in [3.05, 3.63) is 33.7 Å². The van der Waals surface area contributed by atoms with Gasteiger partial charge in [-0.05, 0) is 34.1 Å². The first-order valence-corrected chi connectivity index (χ1v) is 9.60. The number of carbonyl (C=O) groups excluding carboxylic acids is 2. The molecule has 1 amide bonds. The van der Waals surface area contributed by atoms with Crippen LogP contribution in [0.2, 0.25) is 0 Å². The molecule has 0 bridgehead atoms. The normalized spacial score (nSPS) is 18.2. The highest BCUT2D eigenvalue weighted by Gasteiger charge is 2.32. The number of pyridine rings is 1. The minimum Gasteiger partial charge on any atom is -0.465 e. The Labute approximate surface area is 160 Å². The zero-order valence-corrected chi connectivity index (χ0v) is 17.2. The molecule has 1 aliphatic rings. The molecular formula is C20H31N3O4. The van der Waals surface area contributed by atoms with Gasteiger partial charge in [0.2, 0.25) is 5.43 Å². The Kier molecular flexibility index (Phi) is 6.81. The molecule has 1 aromatic rings. The molecule has 1 atom stereocenters. The topological polar surface area (TPSA) is 71.9 Å². The lowest BCUT2D eigenvalue weighted by Gasteiger charge is -2.43. The molecule has 7 nitrogen and oxygen atoms in total. The van der Waals surface area contributed by atoms with Crippen molar-refractivity contribution >= 4 is 11.9 Å². The lowest BCUT2D eigenvalue weighted by molar-refractivity contribution is 0.0370. The molecule has 1 aromatic heterocycles. The van der Waals surface area contributed by atoms with Gasteiger partial charge in [-0.2, -0.15) is 0 Å². The summed E-state index contributed by atoms with van der Waals surface area (Å²) in [5.74, 6) is -1.04. The molecule has 0 aliphatic carbocycles. The van der Waals surface area contributed by atoms with Crippen molar-refractivity contribution in [3.63, 3.8) is 0 Å². The molecule has 1 saturated heterocycles. The first-order valence-electron chi connectivity index (χ1n) is 9.60. The molecule has 7 heteroatoms. The van der Waals surface area contributed by atoms with Gasteiger partial charge in [-0.3, -0.25) is 14.5 Å². The fourth-order valence-corrected chi connectivity index (χ4v) is 3.57. The van der Waals surface area contributed by atoms with Gasteiger partial charge in [-0.1, -0.05) is 6.92 Å². The Balaban J connectivity index is 2.39. The highest BCUT2D eigenvalue weighted by Crippen LogP contribution is 2.18. The second-order valence-corrected chi connectivity index (χ2v) is 7.59. The van der Waals surface area contributed by atoms with Crippen molar-refractivity contribution in [2.45, 2.75) is 59.2 Å². The summed E-state index contributed by atoms with van der Waals surface area (Å²) in [4.78, 5) is 42.0. The number of hydrogen-bond acceptors (Lipinski definition) is 5. The highest BCUT2D eigenvalue weighted by molar-refractivity contribution is 5.97. The monoisotopic (exact) mass is 377 g/mol. The average Bonchev–Trinajstić information content (AvgIpc) is 2.66. The Morgan fingerprint density at radius 2 is 1.74 bits per heavy atom. The molecule has 2 rings (SSSR count). The predicted octanol–water partition coefficient (Wildman–Crippen LogP) is 2.16. The summed E-state index contributed by atoms with van der Waals surface area (Å²) < 4.78 is 6.43. The maximum Gasteiger partial charge on any atom is 0.343 e. The summed E-state index contributed by atoms with van der Waals surface area (Å²) >= 11 is 0. The van der Waals surface area contributed by atoms with Crippen LogP contribution in [0, 0.1) is 0 Å². The second kappa shape index (κ2) is 8.69. The first-order chi connectivity index (χ1) is 12.7. The molecule has 0 spiro atoms. The summed E-state index contributed by atoms with van der Waals surface area (Å²) in [7, 11) is 1.23. The number of amides is 1. The number of aromatic nitrogens is 1. The number of ether oxygens (including phenoxy) is 1. The van der Waals surface area contributed by atoms with Crippen LogP contribution in [0.3, 0.4) is 0 Å². The van der Waals surface area contributed by atoms with Crippen molar-refractivity contribution in [2.24, 2.45) is 0 Å². The quantitative estimate of drug-likeness (QED) is 0.736. The molecule has 150 valence electrons. The molecular weight excluding hydrogens is 346 g/mol. The Morgan fingerprint density at radius 1 is 1.11 bits per heavy atom. The van der Waals surface area contributed by atoms with Gasteiger partial charge in [-0.15, -0.1) is 0 Å². The van der Waals surface area contributed by atoms with Gasteiger partial charge < -0.3 is 14.2 Å². The Bertz CT molecular complexity index is 754. The molecule has 27 heavy (non-hydrogen) atoms. The number of esters is 1. The minimum atomic E-state index is -0.722. The molecule has 1 aliphatic heterocycles. The van der Waals surface area contributed by atoms with E-state index < -0.39 is 11.4 Å². The van der Waals surface area contributed by atoms with Crippen LogP contribution >= 0.6 is 0 Å². The Morgan fingerprint density at radius 3 is 2.26 bits per heavy atom. The smallest absolute Gasteiger partial charge is 0.343 e. The van der Waals surface area contributed by atoms with E-state index in [1.165, 1.54) is 13.3 Å². The number of methoxy groups -OCH3 is 1. The van der Waals surface area contributed by atoms with Crippen molar-refractivity contribution in [1.29, 1.82) is 0 Å². The number of piperazine rings is 1. The van der Waals surface area contributed by atoms with Gasteiger partial charge in [0.1, 0.15) is 11.1 Å². The summed E-state index contributed by atoms with van der Waals surface area (Å²) in [5.41, 5.74) is -0.646. The van der Waals surface area contributed by atoms with Crippen LogP contribution < -0.4 is 5.43 Å². The number of hydrogen-bond donors (Lipinski definition) is 0. The van der Waals surface area contributed by atoms with Gasteiger partial charge in [-0.25, -0.2) is 4.79 Å². The van der Waals surface area contributed by atoms with E-state index in [0.29, 0.717) is 19.1 Å². The summed E-state index contributed by atoms with van der Waals surface area (Å²) in [6.07, 6.45) is 3.94. The van der Waals surface area contributed by atoms with E-state index in [9.17, 15) is 14.4 Å². The van der Waals surface area contributed by atoms with E-state index in [1.807, 2.05) is 13.8 Å². The van der Waals surface area contributed by atoms with Crippen LogP contribution in [0.25, 0.3) is 0 Å². The van der Waals surface area contributed by atoms with Crippen LogP contribution in [0.1, 0.15) is 67.8 Å². The average molecular weight is 377 g/mol. The van der Waals surface area contributed by atoms with Crippen LogP contribution in [-0.2, 0) is 4.74 Å². The van der Waals surface area contributed by atoms with Crippen LogP contribution in [-0.4, -0.2) is 65.1 Å². The first kappa shape index (κ1) is 21.2. The number of nitrogens with zero attached hydrogens (tertiary/aromatic N) is 3. The maximum absolute atomic E-state index is 13.1. The zero-order chi connectivity index (χ0) is 20.3. The minimum absolute atomic E-state index is 0.00161. The van der Waals surface area contributed by atoms with Gasteiger partial charge in [0.25, 0.3) is 5.91 Å². The van der Waals surface area contributed by atoms with Crippen molar-refractivity contribution < 1.29 is 14.3 Å². The van der Waals surface area contributed by atoms with E-state index in [1.54, 1.807) is 15.7 Å². The third-order valence-electron chi connectivity index (χ3n) is 5.23.